The number of halogens is 4. The zero-order valence-electron chi connectivity index (χ0n) is 8.61. The van der Waals surface area contributed by atoms with Gasteiger partial charge in [0, 0.05) is 11.4 Å². The van der Waals surface area contributed by atoms with Crippen molar-refractivity contribution in [1.82, 2.24) is 0 Å². The topological polar surface area (TPSA) is 38.0 Å². The molecule has 0 atom stereocenters. The molecule has 0 aromatic heterocycles. The fourth-order valence-corrected chi connectivity index (χ4v) is 1.18. The fraction of sp³-hybridized carbons (Fsp3) is 0.400. The maximum atomic E-state index is 12.6. The van der Waals surface area contributed by atoms with Crippen LogP contribution in [0.5, 0.6) is 0 Å². The van der Waals surface area contributed by atoms with Gasteiger partial charge in [0.15, 0.2) is 0 Å². The molecule has 0 bridgehead atoms. The molecule has 3 N–H and O–H groups in total. The average molecular weight is 236 g/mol. The molecule has 0 radical (unpaired) electrons. The van der Waals surface area contributed by atoms with Gasteiger partial charge in [-0.2, -0.15) is 8.78 Å². The van der Waals surface area contributed by atoms with Gasteiger partial charge in [-0.05, 0) is 30.7 Å². The molecule has 90 valence electrons. The number of anilines is 2. The predicted molar refractivity (Wildman–Crippen MR) is 55.0 cm³/mol. The standard InChI is InChI=1S/C10H12F4N2/c1-6-4-7(15)2-3-8(6)16-5-10(13,14)9(11)12/h2-4,9,16H,5,15H2,1H3. The van der Waals surface area contributed by atoms with Crippen LogP contribution < -0.4 is 11.1 Å². The quantitative estimate of drug-likeness (QED) is 0.623. The van der Waals surface area contributed by atoms with Crippen molar-refractivity contribution in [1.29, 1.82) is 0 Å². The summed E-state index contributed by atoms with van der Waals surface area (Å²) in [7, 11) is 0. The Morgan fingerprint density at radius 2 is 2.00 bits per heavy atom. The van der Waals surface area contributed by atoms with Crippen molar-refractivity contribution in [2.24, 2.45) is 0 Å². The monoisotopic (exact) mass is 236 g/mol. The van der Waals surface area contributed by atoms with Gasteiger partial charge in [-0.3, -0.25) is 0 Å². The Hall–Kier alpha value is -1.46. The highest BCUT2D eigenvalue weighted by Crippen LogP contribution is 2.24. The highest BCUT2D eigenvalue weighted by Gasteiger charge is 2.40. The number of nitrogen functional groups attached to an aromatic ring is 1. The van der Waals surface area contributed by atoms with E-state index in [4.69, 9.17) is 5.73 Å². The molecule has 0 spiro atoms. The van der Waals surface area contributed by atoms with Gasteiger partial charge in [0.2, 0.25) is 0 Å². The SMILES string of the molecule is Cc1cc(N)ccc1NCC(F)(F)C(F)F. The van der Waals surface area contributed by atoms with Gasteiger partial charge < -0.3 is 11.1 Å². The van der Waals surface area contributed by atoms with E-state index in [-0.39, 0.29) is 0 Å². The second kappa shape index (κ2) is 4.59. The van der Waals surface area contributed by atoms with Crippen LogP contribution >= 0.6 is 0 Å². The van der Waals surface area contributed by atoms with Gasteiger partial charge >= 0.3 is 12.3 Å². The van der Waals surface area contributed by atoms with Crippen molar-refractivity contribution in [2.75, 3.05) is 17.6 Å². The van der Waals surface area contributed by atoms with E-state index in [0.29, 0.717) is 16.9 Å². The summed E-state index contributed by atoms with van der Waals surface area (Å²) in [6.45, 7) is 0.550. The minimum absolute atomic E-state index is 0.370. The summed E-state index contributed by atoms with van der Waals surface area (Å²) < 4.78 is 49.0. The van der Waals surface area contributed by atoms with Crippen molar-refractivity contribution in [3.8, 4) is 0 Å². The van der Waals surface area contributed by atoms with Crippen LogP contribution in [0.15, 0.2) is 18.2 Å². The second-order valence-electron chi connectivity index (χ2n) is 3.49. The summed E-state index contributed by atoms with van der Waals surface area (Å²) in [5.74, 6) is -4.03. The number of hydrogen-bond donors (Lipinski definition) is 2. The Bertz CT molecular complexity index is 366. The number of aryl methyl sites for hydroxylation is 1. The third-order valence-corrected chi connectivity index (χ3v) is 2.08. The summed E-state index contributed by atoms with van der Waals surface area (Å²) >= 11 is 0. The Morgan fingerprint density at radius 3 is 2.50 bits per heavy atom. The van der Waals surface area contributed by atoms with E-state index in [9.17, 15) is 17.6 Å². The molecule has 1 aromatic carbocycles. The molecular formula is C10H12F4N2. The maximum Gasteiger partial charge on any atom is 0.324 e. The Balaban J connectivity index is 2.68. The first-order valence-electron chi connectivity index (χ1n) is 4.59. The number of nitrogens with two attached hydrogens (primary N) is 1. The van der Waals surface area contributed by atoms with Crippen molar-refractivity contribution < 1.29 is 17.6 Å². The first-order valence-corrected chi connectivity index (χ1v) is 4.59. The molecule has 16 heavy (non-hydrogen) atoms. The molecule has 0 aliphatic rings. The average Bonchev–Trinajstić information content (AvgIpc) is 2.16. The minimum atomic E-state index is -4.03. The Kier molecular flexibility index (Phi) is 3.62. The maximum absolute atomic E-state index is 12.6. The lowest BCUT2D eigenvalue weighted by Gasteiger charge is -2.17. The number of rotatable bonds is 4. The normalized spacial score (nSPS) is 11.9. The summed E-state index contributed by atoms with van der Waals surface area (Å²) in [5, 5.41) is 2.28. The molecule has 0 unspecified atom stereocenters. The highest BCUT2D eigenvalue weighted by atomic mass is 19.3. The molecular weight excluding hydrogens is 224 g/mol. The van der Waals surface area contributed by atoms with Crippen LogP contribution in [0.1, 0.15) is 5.56 Å². The molecule has 0 aliphatic heterocycles. The third-order valence-electron chi connectivity index (χ3n) is 2.08. The van der Waals surface area contributed by atoms with E-state index in [0.717, 1.165) is 0 Å². The van der Waals surface area contributed by atoms with Crippen LogP contribution in [0.3, 0.4) is 0 Å². The van der Waals surface area contributed by atoms with Crippen LogP contribution in [-0.2, 0) is 0 Å². The van der Waals surface area contributed by atoms with Crippen molar-refractivity contribution in [3.05, 3.63) is 23.8 Å². The van der Waals surface area contributed by atoms with E-state index < -0.39 is 18.9 Å². The number of nitrogens with one attached hydrogen (secondary N) is 1. The fourth-order valence-electron chi connectivity index (χ4n) is 1.18. The van der Waals surface area contributed by atoms with Crippen LogP contribution in [-0.4, -0.2) is 18.9 Å². The summed E-state index contributed by atoms with van der Waals surface area (Å²) in [4.78, 5) is 0. The van der Waals surface area contributed by atoms with E-state index in [1.54, 1.807) is 13.0 Å². The summed E-state index contributed by atoms with van der Waals surface area (Å²) in [6.07, 6.45) is -3.67. The molecule has 0 heterocycles. The van der Waals surface area contributed by atoms with Crippen LogP contribution in [0, 0.1) is 6.92 Å². The van der Waals surface area contributed by atoms with E-state index in [1.165, 1.54) is 12.1 Å². The van der Waals surface area contributed by atoms with Crippen molar-refractivity contribution >= 4 is 11.4 Å². The highest BCUT2D eigenvalue weighted by molar-refractivity contribution is 5.57. The van der Waals surface area contributed by atoms with Gasteiger partial charge in [-0.25, -0.2) is 8.78 Å². The van der Waals surface area contributed by atoms with Crippen LogP contribution in [0.2, 0.25) is 0 Å². The molecule has 6 heteroatoms. The van der Waals surface area contributed by atoms with Gasteiger partial charge in [-0.1, -0.05) is 0 Å². The summed E-state index contributed by atoms with van der Waals surface area (Å²) in [6, 6.07) is 4.56. The Morgan fingerprint density at radius 1 is 1.38 bits per heavy atom. The zero-order valence-corrected chi connectivity index (χ0v) is 8.61. The molecule has 0 aliphatic carbocycles. The number of alkyl halides is 4. The lowest BCUT2D eigenvalue weighted by atomic mass is 10.1. The first kappa shape index (κ1) is 12.6. The molecule has 0 saturated carbocycles. The van der Waals surface area contributed by atoms with E-state index in [2.05, 4.69) is 5.32 Å². The molecule has 0 saturated heterocycles. The van der Waals surface area contributed by atoms with E-state index >= 15 is 0 Å². The first-order chi connectivity index (χ1) is 7.33. The lowest BCUT2D eigenvalue weighted by Crippen LogP contribution is -2.34. The Labute approximate surface area is 90.4 Å². The molecule has 1 rings (SSSR count). The van der Waals surface area contributed by atoms with Gasteiger partial charge in [-0.15, -0.1) is 0 Å². The zero-order chi connectivity index (χ0) is 12.3. The van der Waals surface area contributed by atoms with Gasteiger partial charge in [0.05, 0.1) is 6.54 Å². The lowest BCUT2D eigenvalue weighted by molar-refractivity contribution is -0.117. The predicted octanol–water partition coefficient (Wildman–Crippen LogP) is 2.89. The third kappa shape index (κ3) is 3.01. The van der Waals surface area contributed by atoms with Crippen LogP contribution in [0.25, 0.3) is 0 Å². The van der Waals surface area contributed by atoms with E-state index in [1.807, 2.05) is 0 Å². The second-order valence-corrected chi connectivity index (χ2v) is 3.49. The molecule has 0 amide bonds. The number of hydrogen-bond acceptors (Lipinski definition) is 2. The molecule has 0 fully saturated rings. The number of benzene rings is 1. The smallest absolute Gasteiger partial charge is 0.324 e. The molecule has 1 aromatic rings. The molecule has 2 nitrogen and oxygen atoms in total. The van der Waals surface area contributed by atoms with Gasteiger partial charge in [0.1, 0.15) is 0 Å². The van der Waals surface area contributed by atoms with Gasteiger partial charge in [0.25, 0.3) is 0 Å². The van der Waals surface area contributed by atoms with Crippen molar-refractivity contribution in [2.45, 2.75) is 19.3 Å². The summed E-state index contributed by atoms with van der Waals surface area (Å²) in [5.41, 5.74) is 6.95. The minimum Gasteiger partial charge on any atom is -0.399 e. The largest absolute Gasteiger partial charge is 0.399 e. The van der Waals surface area contributed by atoms with Crippen molar-refractivity contribution in [3.63, 3.8) is 0 Å². The van der Waals surface area contributed by atoms with Crippen LogP contribution in [0.4, 0.5) is 28.9 Å².